The number of H-pyrrole nitrogens is 1. The Balaban J connectivity index is 2.10. The molecule has 0 radical (unpaired) electrons. The van der Waals surface area contributed by atoms with Crippen LogP contribution >= 0.6 is 0 Å². The molecule has 1 aliphatic rings. The van der Waals surface area contributed by atoms with Crippen molar-refractivity contribution in [3.05, 3.63) is 17.5 Å². The molecule has 0 aromatic carbocycles. The summed E-state index contributed by atoms with van der Waals surface area (Å²) in [6.45, 7) is 2.70. The van der Waals surface area contributed by atoms with E-state index in [1.54, 1.807) is 18.0 Å². The third-order valence-electron chi connectivity index (χ3n) is 3.10. The maximum absolute atomic E-state index is 12.1. The Kier molecular flexibility index (Phi) is 3.12. The predicted molar refractivity (Wildman–Crippen MR) is 59.6 cm³/mol. The molecular formula is C11H15N3O3. The molecule has 1 aliphatic heterocycles. The molecule has 17 heavy (non-hydrogen) atoms. The number of nitrogens with zero attached hydrogens (tertiary/aromatic N) is 2. The van der Waals surface area contributed by atoms with Gasteiger partial charge in [0.2, 0.25) is 0 Å². The first-order chi connectivity index (χ1) is 8.09. The summed E-state index contributed by atoms with van der Waals surface area (Å²) in [5.41, 5.74) is 1.24. The van der Waals surface area contributed by atoms with Gasteiger partial charge in [-0.1, -0.05) is 0 Å². The average molecular weight is 237 g/mol. The van der Waals surface area contributed by atoms with Crippen LogP contribution in [0.25, 0.3) is 0 Å². The van der Waals surface area contributed by atoms with Crippen molar-refractivity contribution in [2.45, 2.75) is 19.8 Å². The SMILES string of the molecule is Cc1cn[nH]c1C(=O)N1CCCC(C(=O)O)C1. The molecule has 1 amide bonds. The number of carbonyl (C=O) groups is 2. The van der Waals surface area contributed by atoms with Crippen molar-refractivity contribution in [3.8, 4) is 0 Å². The summed E-state index contributed by atoms with van der Waals surface area (Å²) in [4.78, 5) is 24.6. The number of nitrogens with one attached hydrogen (secondary N) is 1. The van der Waals surface area contributed by atoms with Gasteiger partial charge >= 0.3 is 5.97 Å². The molecule has 2 N–H and O–H groups in total. The third kappa shape index (κ3) is 2.30. The van der Waals surface area contributed by atoms with Gasteiger partial charge in [-0.05, 0) is 25.3 Å². The van der Waals surface area contributed by atoms with Crippen molar-refractivity contribution >= 4 is 11.9 Å². The second-order valence-corrected chi connectivity index (χ2v) is 4.36. The molecule has 1 unspecified atom stereocenters. The first-order valence-corrected chi connectivity index (χ1v) is 5.61. The Bertz CT molecular complexity index is 441. The Morgan fingerprint density at radius 3 is 2.94 bits per heavy atom. The molecule has 0 aliphatic carbocycles. The van der Waals surface area contributed by atoms with Crippen molar-refractivity contribution in [3.63, 3.8) is 0 Å². The fraction of sp³-hybridized carbons (Fsp3) is 0.545. The van der Waals surface area contributed by atoms with Crippen LogP contribution in [0.2, 0.25) is 0 Å². The van der Waals surface area contributed by atoms with E-state index < -0.39 is 11.9 Å². The van der Waals surface area contributed by atoms with Gasteiger partial charge in [0.05, 0.1) is 12.1 Å². The van der Waals surface area contributed by atoms with Crippen LogP contribution in [0, 0.1) is 12.8 Å². The molecule has 1 aromatic heterocycles. The molecule has 0 saturated carbocycles. The maximum atomic E-state index is 12.1. The molecule has 1 fully saturated rings. The van der Waals surface area contributed by atoms with Crippen LogP contribution in [-0.4, -0.2) is 45.2 Å². The van der Waals surface area contributed by atoms with Crippen molar-refractivity contribution in [1.29, 1.82) is 0 Å². The summed E-state index contributed by atoms with van der Waals surface area (Å²) < 4.78 is 0. The van der Waals surface area contributed by atoms with Gasteiger partial charge < -0.3 is 10.0 Å². The Morgan fingerprint density at radius 1 is 1.59 bits per heavy atom. The molecule has 2 rings (SSSR count). The summed E-state index contributed by atoms with van der Waals surface area (Å²) in [5, 5.41) is 15.4. The number of amides is 1. The van der Waals surface area contributed by atoms with E-state index in [2.05, 4.69) is 10.2 Å². The van der Waals surface area contributed by atoms with Gasteiger partial charge in [-0.15, -0.1) is 0 Å². The number of aryl methyl sites for hydroxylation is 1. The summed E-state index contributed by atoms with van der Waals surface area (Å²) in [5.74, 6) is -1.44. The van der Waals surface area contributed by atoms with E-state index in [0.29, 0.717) is 18.7 Å². The largest absolute Gasteiger partial charge is 0.481 e. The van der Waals surface area contributed by atoms with Crippen molar-refractivity contribution in [2.24, 2.45) is 5.92 Å². The number of hydrogen-bond donors (Lipinski definition) is 2. The number of rotatable bonds is 2. The van der Waals surface area contributed by atoms with Crippen LogP contribution in [0.15, 0.2) is 6.20 Å². The lowest BCUT2D eigenvalue weighted by atomic mass is 9.98. The van der Waals surface area contributed by atoms with E-state index in [-0.39, 0.29) is 12.5 Å². The van der Waals surface area contributed by atoms with Crippen molar-refractivity contribution in [2.75, 3.05) is 13.1 Å². The Morgan fingerprint density at radius 2 is 2.35 bits per heavy atom. The van der Waals surface area contributed by atoms with E-state index >= 15 is 0 Å². The van der Waals surface area contributed by atoms with Crippen LogP contribution < -0.4 is 0 Å². The summed E-state index contributed by atoms with van der Waals surface area (Å²) in [6, 6.07) is 0. The molecule has 1 aromatic rings. The van der Waals surface area contributed by atoms with Gasteiger partial charge in [-0.2, -0.15) is 5.10 Å². The average Bonchev–Trinajstić information content (AvgIpc) is 2.74. The third-order valence-corrected chi connectivity index (χ3v) is 3.10. The number of likely N-dealkylation sites (tertiary alicyclic amines) is 1. The van der Waals surface area contributed by atoms with E-state index in [4.69, 9.17) is 5.11 Å². The number of carboxylic acid groups (broad SMARTS) is 1. The highest BCUT2D eigenvalue weighted by Crippen LogP contribution is 2.19. The molecule has 1 saturated heterocycles. The van der Waals surface area contributed by atoms with Crippen LogP contribution in [0.1, 0.15) is 28.9 Å². The second-order valence-electron chi connectivity index (χ2n) is 4.36. The van der Waals surface area contributed by atoms with Gasteiger partial charge in [0, 0.05) is 13.1 Å². The highest BCUT2D eigenvalue weighted by Gasteiger charge is 2.29. The molecule has 1 atom stereocenters. The summed E-state index contributed by atoms with van der Waals surface area (Å²) >= 11 is 0. The lowest BCUT2D eigenvalue weighted by molar-refractivity contribution is -0.143. The normalized spacial score (nSPS) is 20.3. The zero-order chi connectivity index (χ0) is 12.4. The fourth-order valence-corrected chi connectivity index (χ4v) is 2.08. The minimum Gasteiger partial charge on any atom is -0.481 e. The van der Waals surface area contributed by atoms with Gasteiger partial charge in [-0.3, -0.25) is 14.7 Å². The maximum Gasteiger partial charge on any atom is 0.308 e. The number of hydrogen-bond acceptors (Lipinski definition) is 3. The van der Waals surface area contributed by atoms with Gasteiger partial charge in [0.15, 0.2) is 0 Å². The molecule has 6 heteroatoms. The van der Waals surface area contributed by atoms with Crippen molar-refractivity contribution in [1.82, 2.24) is 15.1 Å². The highest BCUT2D eigenvalue weighted by molar-refractivity contribution is 5.93. The number of piperidine rings is 1. The van der Waals surface area contributed by atoms with Crippen LogP contribution in [0.3, 0.4) is 0 Å². The van der Waals surface area contributed by atoms with Gasteiger partial charge in [0.25, 0.3) is 5.91 Å². The standard InChI is InChI=1S/C11H15N3O3/c1-7-5-12-13-9(7)10(15)14-4-2-3-8(6-14)11(16)17/h5,8H,2-4,6H2,1H3,(H,12,13)(H,16,17). The minimum absolute atomic E-state index is 0.161. The summed E-state index contributed by atoms with van der Waals surface area (Å²) in [6.07, 6.45) is 2.96. The van der Waals surface area contributed by atoms with Crippen LogP contribution in [0.5, 0.6) is 0 Å². The van der Waals surface area contributed by atoms with E-state index in [0.717, 1.165) is 12.0 Å². The second kappa shape index (κ2) is 4.57. The molecule has 0 spiro atoms. The van der Waals surface area contributed by atoms with E-state index in [1.165, 1.54) is 0 Å². The first-order valence-electron chi connectivity index (χ1n) is 5.61. The number of carbonyl (C=O) groups excluding carboxylic acids is 1. The summed E-state index contributed by atoms with van der Waals surface area (Å²) in [7, 11) is 0. The lowest BCUT2D eigenvalue weighted by Gasteiger charge is -2.30. The van der Waals surface area contributed by atoms with Crippen molar-refractivity contribution < 1.29 is 14.7 Å². The van der Waals surface area contributed by atoms with Crippen LogP contribution in [0.4, 0.5) is 0 Å². The minimum atomic E-state index is -0.830. The molecule has 92 valence electrons. The van der Waals surface area contributed by atoms with E-state index in [9.17, 15) is 9.59 Å². The monoisotopic (exact) mass is 237 g/mol. The Labute approximate surface area is 98.6 Å². The van der Waals surface area contributed by atoms with Gasteiger partial charge in [-0.25, -0.2) is 0 Å². The molecule has 2 heterocycles. The zero-order valence-corrected chi connectivity index (χ0v) is 9.64. The molecule has 6 nitrogen and oxygen atoms in total. The fourth-order valence-electron chi connectivity index (χ4n) is 2.08. The highest BCUT2D eigenvalue weighted by atomic mass is 16.4. The van der Waals surface area contributed by atoms with E-state index in [1.807, 2.05) is 0 Å². The number of aliphatic carboxylic acids is 1. The smallest absolute Gasteiger partial charge is 0.308 e. The lowest BCUT2D eigenvalue weighted by Crippen LogP contribution is -2.42. The molecular weight excluding hydrogens is 222 g/mol. The quantitative estimate of drug-likeness (QED) is 0.791. The van der Waals surface area contributed by atoms with Gasteiger partial charge in [0.1, 0.15) is 5.69 Å². The molecule has 0 bridgehead atoms. The predicted octanol–water partition coefficient (Wildman–Crippen LogP) is 0.655. The van der Waals surface area contributed by atoms with Crippen LogP contribution in [-0.2, 0) is 4.79 Å². The number of aromatic amines is 1. The first kappa shape index (κ1) is 11.6. The topological polar surface area (TPSA) is 86.3 Å². The Hall–Kier alpha value is -1.85. The zero-order valence-electron chi connectivity index (χ0n) is 9.64. The number of carboxylic acids is 1. The number of aromatic nitrogens is 2.